The molecule has 2 N–H and O–H groups in total. The molecule has 2 aromatic heterocycles. The minimum absolute atomic E-state index is 0.327. The van der Waals surface area contributed by atoms with Crippen LogP contribution in [0.3, 0.4) is 0 Å². The number of benzene rings is 2. The van der Waals surface area contributed by atoms with Gasteiger partial charge in [-0.3, -0.25) is 0 Å². The lowest BCUT2D eigenvalue weighted by atomic mass is 10.1. The number of furan rings is 1. The minimum atomic E-state index is -0.327. The van der Waals surface area contributed by atoms with E-state index >= 15 is 0 Å². The first-order valence-electron chi connectivity index (χ1n) is 8.55. The molecule has 2 aromatic carbocycles. The van der Waals surface area contributed by atoms with Gasteiger partial charge in [-0.05, 0) is 48.6 Å². The van der Waals surface area contributed by atoms with E-state index in [1.54, 1.807) is 42.1 Å². The molecular weight excluding hydrogens is 379 g/mol. The summed E-state index contributed by atoms with van der Waals surface area (Å²) >= 11 is 5.33. The third-order valence-corrected chi connectivity index (χ3v) is 4.51. The van der Waals surface area contributed by atoms with Gasteiger partial charge in [-0.15, -0.1) is 0 Å². The van der Waals surface area contributed by atoms with Crippen molar-refractivity contribution in [2.45, 2.75) is 6.54 Å². The highest BCUT2D eigenvalue weighted by Crippen LogP contribution is 2.28. The molecule has 0 fully saturated rings. The maximum absolute atomic E-state index is 13.9. The van der Waals surface area contributed by atoms with E-state index in [0.717, 1.165) is 5.56 Å². The van der Waals surface area contributed by atoms with Gasteiger partial charge >= 0.3 is 0 Å². The molecule has 2 heterocycles. The van der Waals surface area contributed by atoms with Crippen LogP contribution in [-0.2, 0) is 6.54 Å². The van der Waals surface area contributed by atoms with Crippen molar-refractivity contribution in [2.24, 2.45) is 0 Å². The van der Waals surface area contributed by atoms with Crippen LogP contribution >= 0.6 is 12.2 Å². The molecule has 0 unspecified atom stereocenters. The van der Waals surface area contributed by atoms with Gasteiger partial charge in [-0.2, -0.15) is 5.10 Å². The first-order chi connectivity index (χ1) is 13.7. The second kappa shape index (κ2) is 7.69. The Balaban J connectivity index is 1.58. The molecule has 142 valence electrons. The van der Waals surface area contributed by atoms with E-state index in [-0.39, 0.29) is 5.82 Å². The topological polar surface area (TPSA) is 68.0 Å². The summed E-state index contributed by atoms with van der Waals surface area (Å²) < 4.78 is 27.2. The molecule has 4 aromatic rings. The van der Waals surface area contributed by atoms with E-state index in [1.807, 2.05) is 24.3 Å². The molecule has 0 atom stereocenters. The Bertz CT molecular complexity index is 1160. The second-order valence-electron chi connectivity index (χ2n) is 5.97. The quantitative estimate of drug-likeness (QED) is 0.460. The molecule has 0 aliphatic rings. The van der Waals surface area contributed by atoms with Gasteiger partial charge in [-0.25, -0.2) is 14.2 Å². The van der Waals surface area contributed by atoms with Crippen LogP contribution < -0.4 is 10.2 Å². The second-order valence-corrected chi connectivity index (χ2v) is 6.36. The summed E-state index contributed by atoms with van der Waals surface area (Å²) in [6, 6.07) is 17.6. The third kappa shape index (κ3) is 3.41. The number of para-hydroxylation sites is 1. The Kier molecular flexibility index (Phi) is 4.94. The molecule has 8 heteroatoms. The van der Waals surface area contributed by atoms with Crippen LogP contribution in [0.1, 0.15) is 5.76 Å². The van der Waals surface area contributed by atoms with Crippen molar-refractivity contribution >= 4 is 12.2 Å². The normalized spacial score (nSPS) is 10.8. The van der Waals surface area contributed by atoms with Gasteiger partial charge in [-0.1, -0.05) is 24.3 Å². The first-order valence-corrected chi connectivity index (χ1v) is 8.96. The van der Waals surface area contributed by atoms with E-state index in [1.165, 1.54) is 6.07 Å². The summed E-state index contributed by atoms with van der Waals surface area (Å²) in [5, 5.41) is 7.07. The van der Waals surface area contributed by atoms with Crippen molar-refractivity contribution in [1.82, 2.24) is 14.9 Å². The Labute approximate surface area is 165 Å². The Morgan fingerprint density at radius 2 is 1.86 bits per heavy atom. The predicted octanol–water partition coefficient (Wildman–Crippen LogP) is 4.76. The molecule has 0 radical (unpaired) electrons. The van der Waals surface area contributed by atoms with Crippen molar-refractivity contribution in [3.05, 3.63) is 77.0 Å². The van der Waals surface area contributed by atoms with E-state index in [4.69, 9.17) is 21.4 Å². The van der Waals surface area contributed by atoms with Crippen LogP contribution in [0.15, 0.2) is 65.1 Å². The number of nitrogens with zero attached hydrogens (tertiary/aromatic N) is 2. The zero-order valence-electron chi connectivity index (χ0n) is 15.0. The molecule has 0 amide bonds. The van der Waals surface area contributed by atoms with Crippen molar-refractivity contribution < 1.29 is 13.5 Å². The van der Waals surface area contributed by atoms with Gasteiger partial charge in [0.2, 0.25) is 4.77 Å². The maximum Gasteiger partial charge on any atom is 0.214 e. The average molecular weight is 396 g/mol. The van der Waals surface area contributed by atoms with Crippen LogP contribution in [0.25, 0.3) is 22.7 Å². The number of hydrogen-bond donors (Lipinski definition) is 2. The summed E-state index contributed by atoms with van der Waals surface area (Å²) in [6.07, 6.45) is 0. The van der Waals surface area contributed by atoms with Crippen LogP contribution in [0.2, 0.25) is 0 Å². The number of aromatic nitrogens is 3. The van der Waals surface area contributed by atoms with Gasteiger partial charge < -0.3 is 14.6 Å². The van der Waals surface area contributed by atoms with E-state index in [2.05, 4.69) is 15.6 Å². The van der Waals surface area contributed by atoms with E-state index in [0.29, 0.717) is 40.0 Å². The number of halogens is 1. The summed E-state index contributed by atoms with van der Waals surface area (Å²) in [5.74, 6) is 2.04. The lowest BCUT2D eigenvalue weighted by Crippen LogP contribution is -2.15. The smallest absolute Gasteiger partial charge is 0.214 e. The van der Waals surface area contributed by atoms with Crippen molar-refractivity contribution in [1.29, 1.82) is 0 Å². The van der Waals surface area contributed by atoms with Crippen molar-refractivity contribution in [3.8, 4) is 28.5 Å². The zero-order valence-corrected chi connectivity index (χ0v) is 15.8. The van der Waals surface area contributed by atoms with Crippen LogP contribution in [0.5, 0.6) is 5.75 Å². The van der Waals surface area contributed by atoms with Crippen molar-refractivity contribution in [3.63, 3.8) is 0 Å². The standard InChI is InChI=1S/C20H17FN4O2S/c1-26-17-9-5-3-7-15(17)19-23-24-20(28)25(19)22-12-13-10-11-18(27-13)14-6-2-4-8-16(14)21/h2-11,22H,12H2,1H3,(H,24,28). The Morgan fingerprint density at radius 1 is 1.11 bits per heavy atom. The Morgan fingerprint density at radius 3 is 2.64 bits per heavy atom. The number of ether oxygens (including phenoxy) is 1. The fraction of sp³-hybridized carbons (Fsp3) is 0.100. The highest BCUT2D eigenvalue weighted by atomic mass is 32.1. The predicted molar refractivity (Wildman–Crippen MR) is 107 cm³/mol. The lowest BCUT2D eigenvalue weighted by Gasteiger charge is -2.11. The molecule has 0 aliphatic carbocycles. The largest absolute Gasteiger partial charge is 0.496 e. The highest BCUT2D eigenvalue weighted by Gasteiger charge is 2.14. The number of methoxy groups -OCH3 is 1. The molecule has 6 nitrogen and oxygen atoms in total. The number of H-pyrrole nitrogens is 1. The van der Waals surface area contributed by atoms with Gasteiger partial charge in [0.1, 0.15) is 23.1 Å². The zero-order chi connectivity index (χ0) is 19.5. The Hall–Kier alpha value is -3.39. The molecule has 4 rings (SSSR count). The molecule has 0 bridgehead atoms. The molecule has 28 heavy (non-hydrogen) atoms. The molecule has 0 aliphatic heterocycles. The van der Waals surface area contributed by atoms with Crippen LogP contribution in [-0.4, -0.2) is 22.0 Å². The van der Waals surface area contributed by atoms with Crippen molar-refractivity contribution in [2.75, 3.05) is 12.5 Å². The SMILES string of the molecule is COc1ccccc1-c1n[nH]c(=S)n1NCc1ccc(-c2ccccc2F)o1. The highest BCUT2D eigenvalue weighted by molar-refractivity contribution is 7.71. The monoisotopic (exact) mass is 396 g/mol. The number of aromatic amines is 1. The summed E-state index contributed by atoms with van der Waals surface area (Å²) in [4.78, 5) is 0. The first kappa shape index (κ1) is 18.0. The van der Waals surface area contributed by atoms with Gasteiger partial charge in [0.05, 0.1) is 24.8 Å². The number of hydrogen-bond acceptors (Lipinski definition) is 5. The molecule has 0 saturated carbocycles. The molecule has 0 saturated heterocycles. The fourth-order valence-electron chi connectivity index (χ4n) is 2.89. The summed E-state index contributed by atoms with van der Waals surface area (Å²) in [6.45, 7) is 0.338. The maximum atomic E-state index is 13.9. The fourth-order valence-corrected chi connectivity index (χ4v) is 3.09. The summed E-state index contributed by atoms with van der Waals surface area (Å²) in [5.41, 5.74) is 4.39. The van der Waals surface area contributed by atoms with Crippen LogP contribution in [0.4, 0.5) is 4.39 Å². The summed E-state index contributed by atoms with van der Waals surface area (Å²) in [7, 11) is 1.60. The van der Waals surface area contributed by atoms with E-state index < -0.39 is 0 Å². The average Bonchev–Trinajstić information content (AvgIpc) is 3.33. The molecule has 0 spiro atoms. The van der Waals surface area contributed by atoms with E-state index in [9.17, 15) is 4.39 Å². The number of nitrogens with one attached hydrogen (secondary N) is 2. The number of rotatable bonds is 6. The van der Waals surface area contributed by atoms with Gasteiger partial charge in [0, 0.05) is 0 Å². The van der Waals surface area contributed by atoms with Gasteiger partial charge in [0.25, 0.3) is 0 Å². The van der Waals surface area contributed by atoms with Gasteiger partial charge in [0.15, 0.2) is 5.82 Å². The minimum Gasteiger partial charge on any atom is -0.496 e. The molecular formula is C20H17FN4O2S. The third-order valence-electron chi connectivity index (χ3n) is 4.23. The van der Waals surface area contributed by atoms with Crippen LogP contribution in [0, 0.1) is 10.6 Å². The lowest BCUT2D eigenvalue weighted by molar-refractivity contribution is 0.416.